The second-order valence-electron chi connectivity index (χ2n) is 9.74. The van der Waals surface area contributed by atoms with Gasteiger partial charge in [0.25, 0.3) is 0 Å². The largest absolute Gasteiger partial charge is 0.489 e. The van der Waals surface area contributed by atoms with Crippen LogP contribution in [0.15, 0.2) is 60.9 Å². The highest BCUT2D eigenvalue weighted by molar-refractivity contribution is 5.82. The van der Waals surface area contributed by atoms with Gasteiger partial charge in [-0.05, 0) is 52.9 Å². The Kier molecular flexibility index (Phi) is 7.68. The molecular formula is C27H34N6O2. The van der Waals surface area contributed by atoms with E-state index < -0.39 is 0 Å². The maximum atomic E-state index is 13.4. The third-order valence-corrected chi connectivity index (χ3v) is 7.18. The quantitative estimate of drug-likeness (QED) is 0.499. The molecule has 1 saturated carbocycles. The number of hydrogen-bond acceptors (Lipinski definition) is 6. The SMILES string of the molecule is O=C(NC1CCCCCC1)[C@@H]1C[C@H](n2cnnn2)CN1Cc1ccc(OCc2ccccc2)cc1. The number of benzene rings is 2. The predicted octanol–water partition coefficient (Wildman–Crippen LogP) is 3.91. The summed E-state index contributed by atoms with van der Waals surface area (Å²) in [6.45, 7) is 1.98. The van der Waals surface area contributed by atoms with Crippen LogP contribution in [0.2, 0.25) is 0 Å². The Balaban J connectivity index is 1.23. The number of carbonyl (C=O) groups excluding carboxylic acids is 1. The smallest absolute Gasteiger partial charge is 0.237 e. The molecule has 2 atom stereocenters. The third-order valence-electron chi connectivity index (χ3n) is 7.18. The zero-order chi connectivity index (χ0) is 23.9. The number of tetrazole rings is 1. The van der Waals surface area contributed by atoms with Crippen LogP contribution in [0.4, 0.5) is 0 Å². The molecule has 5 rings (SSSR count). The van der Waals surface area contributed by atoms with Crippen molar-refractivity contribution in [3.8, 4) is 5.75 Å². The number of aromatic nitrogens is 4. The molecule has 184 valence electrons. The Morgan fingerprint density at radius 2 is 1.74 bits per heavy atom. The van der Waals surface area contributed by atoms with Crippen LogP contribution >= 0.6 is 0 Å². The van der Waals surface area contributed by atoms with E-state index in [4.69, 9.17) is 4.74 Å². The zero-order valence-corrected chi connectivity index (χ0v) is 20.1. The molecule has 1 aliphatic carbocycles. The van der Waals surface area contributed by atoms with Crippen LogP contribution in [0.3, 0.4) is 0 Å². The fraction of sp³-hybridized carbons (Fsp3) is 0.481. The van der Waals surface area contributed by atoms with E-state index in [0.717, 1.165) is 36.3 Å². The number of ether oxygens (including phenoxy) is 1. The van der Waals surface area contributed by atoms with Gasteiger partial charge < -0.3 is 10.1 Å². The van der Waals surface area contributed by atoms with Crippen molar-refractivity contribution >= 4 is 5.91 Å². The van der Waals surface area contributed by atoms with Gasteiger partial charge in [0.2, 0.25) is 5.91 Å². The molecule has 2 heterocycles. The second kappa shape index (κ2) is 11.4. The lowest BCUT2D eigenvalue weighted by molar-refractivity contribution is -0.126. The summed E-state index contributed by atoms with van der Waals surface area (Å²) in [6.07, 6.45) is 9.47. The Labute approximate surface area is 206 Å². The first-order valence-corrected chi connectivity index (χ1v) is 12.8. The number of carbonyl (C=O) groups is 1. The van der Waals surface area contributed by atoms with E-state index in [1.807, 2.05) is 30.3 Å². The van der Waals surface area contributed by atoms with Gasteiger partial charge in [0, 0.05) is 19.1 Å². The number of rotatable bonds is 8. The molecule has 2 aliphatic rings. The van der Waals surface area contributed by atoms with Crippen LogP contribution in [0, 0.1) is 0 Å². The highest BCUT2D eigenvalue weighted by atomic mass is 16.5. The highest BCUT2D eigenvalue weighted by Gasteiger charge is 2.38. The molecule has 1 N–H and O–H groups in total. The van der Waals surface area contributed by atoms with E-state index in [9.17, 15) is 4.79 Å². The molecule has 1 aliphatic heterocycles. The Morgan fingerprint density at radius 3 is 2.46 bits per heavy atom. The van der Waals surface area contributed by atoms with E-state index in [1.54, 1.807) is 11.0 Å². The number of amides is 1. The van der Waals surface area contributed by atoms with E-state index in [-0.39, 0.29) is 18.0 Å². The number of hydrogen-bond donors (Lipinski definition) is 1. The van der Waals surface area contributed by atoms with Crippen molar-refractivity contribution in [1.82, 2.24) is 30.4 Å². The van der Waals surface area contributed by atoms with Crippen LogP contribution < -0.4 is 10.1 Å². The summed E-state index contributed by atoms with van der Waals surface area (Å²) in [6, 6.07) is 18.5. The minimum atomic E-state index is -0.193. The minimum absolute atomic E-state index is 0.0864. The molecule has 8 heteroatoms. The highest BCUT2D eigenvalue weighted by Crippen LogP contribution is 2.29. The van der Waals surface area contributed by atoms with Crippen LogP contribution in [0.25, 0.3) is 0 Å². The van der Waals surface area contributed by atoms with Gasteiger partial charge in [-0.15, -0.1) is 5.10 Å². The number of likely N-dealkylation sites (tertiary alicyclic amines) is 1. The molecule has 0 radical (unpaired) electrons. The Hall–Kier alpha value is -3.26. The lowest BCUT2D eigenvalue weighted by atomic mass is 10.1. The fourth-order valence-corrected chi connectivity index (χ4v) is 5.24. The van der Waals surface area contributed by atoms with Crippen LogP contribution in [-0.2, 0) is 17.9 Å². The average Bonchev–Trinajstić information content (AvgIpc) is 3.50. The van der Waals surface area contributed by atoms with Crippen molar-refractivity contribution in [2.24, 2.45) is 0 Å². The molecule has 0 unspecified atom stereocenters. The lowest BCUT2D eigenvalue weighted by Gasteiger charge is -2.26. The van der Waals surface area contributed by atoms with Gasteiger partial charge in [-0.25, -0.2) is 4.68 Å². The maximum Gasteiger partial charge on any atom is 0.237 e. The van der Waals surface area contributed by atoms with Crippen molar-refractivity contribution in [3.05, 3.63) is 72.1 Å². The van der Waals surface area contributed by atoms with Crippen molar-refractivity contribution in [1.29, 1.82) is 0 Å². The number of nitrogens with zero attached hydrogens (tertiary/aromatic N) is 5. The topological polar surface area (TPSA) is 85.2 Å². The molecule has 0 spiro atoms. The van der Waals surface area contributed by atoms with Gasteiger partial charge in [-0.1, -0.05) is 68.1 Å². The Morgan fingerprint density at radius 1 is 0.971 bits per heavy atom. The summed E-state index contributed by atoms with van der Waals surface area (Å²) in [5.41, 5.74) is 2.30. The zero-order valence-electron chi connectivity index (χ0n) is 20.1. The van der Waals surface area contributed by atoms with Crippen LogP contribution in [0.1, 0.15) is 62.1 Å². The van der Waals surface area contributed by atoms with Crippen molar-refractivity contribution < 1.29 is 9.53 Å². The maximum absolute atomic E-state index is 13.4. The molecule has 2 aromatic carbocycles. The minimum Gasteiger partial charge on any atom is -0.489 e. The molecule has 8 nitrogen and oxygen atoms in total. The molecule has 1 aromatic heterocycles. The van der Waals surface area contributed by atoms with Crippen molar-refractivity contribution in [2.75, 3.05) is 6.54 Å². The molecule has 1 amide bonds. The van der Waals surface area contributed by atoms with Crippen LogP contribution in [0.5, 0.6) is 5.75 Å². The van der Waals surface area contributed by atoms with Gasteiger partial charge >= 0.3 is 0 Å². The lowest BCUT2D eigenvalue weighted by Crippen LogP contribution is -2.46. The summed E-state index contributed by atoms with van der Waals surface area (Å²) in [5.74, 6) is 0.975. The first kappa shape index (κ1) is 23.5. The molecule has 3 aromatic rings. The van der Waals surface area contributed by atoms with Gasteiger partial charge in [0.1, 0.15) is 18.7 Å². The van der Waals surface area contributed by atoms with Gasteiger partial charge in [-0.2, -0.15) is 0 Å². The van der Waals surface area contributed by atoms with Crippen molar-refractivity contribution in [2.45, 2.75) is 76.2 Å². The van der Waals surface area contributed by atoms with Crippen molar-refractivity contribution in [3.63, 3.8) is 0 Å². The standard InChI is InChI=1S/C27H34N6O2/c34-27(29-23-10-6-1-2-7-11-23)26-16-24(33-20-28-30-31-33)18-32(26)17-21-12-14-25(15-13-21)35-19-22-8-4-3-5-9-22/h3-5,8-9,12-15,20,23-24,26H,1-2,6-7,10-11,16-19H2,(H,29,34)/t24-,26-/m0/s1. The second-order valence-corrected chi connectivity index (χ2v) is 9.74. The fourth-order valence-electron chi connectivity index (χ4n) is 5.24. The summed E-state index contributed by atoms with van der Waals surface area (Å²) >= 11 is 0. The first-order valence-electron chi connectivity index (χ1n) is 12.8. The molecular weight excluding hydrogens is 440 g/mol. The van der Waals surface area contributed by atoms with E-state index in [0.29, 0.717) is 25.6 Å². The Bertz CT molecular complexity index is 1050. The molecule has 2 fully saturated rings. The van der Waals surface area contributed by atoms with E-state index >= 15 is 0 Å². The normalized spacial score (nSPS) is 21.5. The van der Waals surface area contributed by atoms with Gasteiger partial charge in [-0.3, -0.25) is 9.69 Å². The van der Waals surface area contributed by atoms with Gasteiger partial charge in [0.15, 0.2) is 0 Å². The van der Waals surface area contributed by atoms with Crippen LogP contribution in [-0.4, -0.2) is 49.6 Å². The third kappa shape index (κ3) is 6.25. The van der Waals surface area contributed by atoms with E-state index in [1.165, 1.54) is 25.7 Å². The van der Waals surface area contributed by atoms with Gasteiger partial charge in [0.05, 0.1) is 12.1 Å². The molecule has 35 heavy (non-hydrogen) atoms. The number of nitrogens with one attached hydrogen (secondary N) is 1. The summed E-state index contributed by atoms with van der Waals surface area (Å²) in [7, 11) is 0. The monoisotopic (exact) mass is 474 g/mol. The summed E-state index contributed by atoms with van der Waals surface area (Å²) in [4.78, 5) is 15.6. The first-order chi connectivity index (χ1) is 17.2. The summed E-state index contributed by atoms with van der Waals surface area (Å²) < 4.78 is 7.72. The molecule has 1 saturated heterocycles. The predicted molar refractivity (Wildman–Crippen MR) is 133 cm³/mol. The average molecular weight is 475 g/mol. The van der Waals surface area contributed by atoms with E-state index in [2.05, 4.69) is 50.0 Å². The summed E-state index contributed by atoms with van der Waals surface area (Å²) in [5, 5.41) is 15.1. The molecule has 0 bridgehead atoms.